The van der Waals surface area contributed by atoms with Crippen LogP contribution in [0.15, 0.2) is 36.4 Å². The fourth-order valence-corrected chi connectivity index (χ4v) is 2.93. The van der Waals surface area contributed by atoms with Crippen molar-refractivity contribution in [1.82, 2.24) is 0 Å². The van der Waals surface area contributed by atoms with E-state index in [1.54, 1.807) is 7.11 Å². The third-order valence-corrected chi connectivity index (χ3v) is 3.95. The van der Waals surface area contributed by atoms with Gasteiger partial charge in [-0.15, -0.1) is 11.3 Å². The highest BCUT2D eigenvalue weighted by molar-refractivity contribution is 7.16. The SMILES string of the molecule is COc1cccc(OC(c2ccc(Cl)s2)C(C)N)c1. The van der Waals surface area contributed by atoms with Gasteiger partial charge in [-0.05, 0) is 31.2 Å². The molecule has 0 radical (unpaired) electrons. The molecule has 102 valence electrons. The van der Waals surface area contributed by atoms with Crippen LogP contribution >= 0.6 is 22.9 Å². The summed E-state index contributed by atoms with van der Waals surface area (Å²) < 4.78 is 11.9. The van der Waals surface area contributed by atoms with Gasteiger partial charge < -0.3 is 15.2 Å². The van der Waals surface area contributed by atoms with Crippen LogP contribution in [0.4, 0.5) is 0 Å². The van der Waals surface area contributed by atoms with Gasteiger partial charge in [0.05, 0.1) is 11.4 Å². The molecule has 0 amide bonds. The normalized spacial score (nSPS) is 13.9. The van der Waals surface area contributed by atoms with Crippen molar-refractivity contribution < 1.29 is 9.47 Å². The first-order valence-electron chi connectivity index (χ1n) is 5.91. The molecular formula is C14H16ClNO2S. The minimum absolute atomic E-state index is 0.138. The van der Waals surface area contributed by atoms with E-state index in [0.717, 1.165) is 20.7 Å². The molecule has 3 nitrogen and oxygen atoms in total. The van der Waals surface area contributed by atoms with E-state index in [4.69, 9.17) is 26.8 Å². The number of rotatable bonds is 5. The zero-order valence-corrected chi connectivity index (χ0v) is 12.4. The highest BCUT2D eigenvalue weighted by atomic mass is 35.5. The Bertz CT molecular complexity index is 542. The fourth-order valence-electron chi connectivity index (χ4n) is 1.73. The highest BCUT2D eigenvalue weighted by Gasteiger charge is 2.20. The van der Waals surface area contributed by atoms with Crippen molar-refractivity contribution in [2.45, 2.75) is 19.1 Å². The van der Waals surface area contributed by atoms with E-state index in [-0.39, 0.29) is 12.1 Å². The Labute approximate surface area is 121 Å². The van der Waals surface area contributed by atoms with Gasteiger partial charge in [0.15, 0.2) is 0 Å². The van der Waals surface area contributed by atoms with Gasteiger partial charge in [0.1, 0.15) is 17.6 Å². The maximum absolute atomic E-state index is 6.00. The molecule has 1 aromatic heterocycles. The van der Waals surface area contributed by atoms with Crippen LogP contribution in [0.3, 0.4) is 0 Å². The van der Waals surface area contributed by atoms with Gasteiger partial charge in [-0.2, -0.15) is 0 Å². The Hall–Kier alpha value is -1.23. The van der Waals surface area contributed by atoms with Crippen molar-refractivity contribution in [1.29, 1.82) is 0 Å². The van der Waals surface area contributed by atoms with Crippen molar-refractivity contribution in [3.8, 4) is 11.5 Å². The van der Waals surface area contributed by atoms with E-state index in [0.29, 0.717) is 0 Å². The summed E-state index contributed by atoms with van der Waals surface area (Å²) >= 11 is 7.44. The predicted molar refractivity (Wildman–Crippen MR) is 79.3 cm³/mol. The van der Waals surface area contributed by atoms with Crippen molar-refractivity contribution in [2.75, 3.05) is 7.11 Å². The first kappa shape index (κ1) is 14.2. The van der Waals surface area contributed by atoms with Gasteiger partial charge in [0.2, 0.25) is 0 Å². The van der Waals surface area contributed by atoms with Gasteiger partial charge in [0, 0.05) is 17.0 Å². The lowest BCUT2D eigenvalue weighted by molar-refractivity contribution is 0.183. The smallest absolute Gasteiger partial charge is 0.148 e. The predicted octanol–water partition coefficient (Wildman–Crippen LogP) is 3.88. The molecule has 19 heavy (non-hydrogen) atoms. The molecule has 2 aromatic rings. The lowest BCUT2D eigenvalue weighted by atomic mass is 10.1. The van der Waals surface area contributed by atoms with Gasteiger partial charge in [-0.3, -0.25) is 0 Å². The van der Waals surface area contributed by atoms with Gasteiger partial charge in [-0.25, -0.2) is 0 Å². The minimum atomic E-state index is -0.218. The summed E-state index contributed by atoms with van der Waals surface area (Å²) in [6, 6.07) is 11.1. The second-order valence-electron chi connectivity index (χ2n) is 4.22. The molecule has 5 heteroatoms. The molecule has 2 rings (SSSR count). The van der Waals surface area contributed by atoms with Crippen LogP contribution in [-0.2, 0) is 0 Å². The molecule has 0 fully saturated rings. The van der Waals surface area contributed by atoms with Crippen LogP contribution in [0.5, 0.6) is 11.5 Å². The topological polar surface area (TPSA) is 44.5 Å². The Morgan fingerprint density at radius 3 is 2.53 bits per heavy atom. The number of hydrogen-bond donors (Lipinski definition) is 1. The molecule has 1 aromatic carbocycles. The van der Waals surface area contributed by atoms with E-state index >= 15 is 0 Å². The molecule has 0 saturated carbocycles. The maximum Gasteiger partial charge on any atom is 0.148 e. The van der Waals surface area contributed by atoms with Crippen LogP contribution in [0.1, 0.15) is 17.9 Å². The summed E-state index contributed by atoms with van der Waals surface area (Å²) in [5.74, 6) is 1.48. The average molecular weight is 298 g/mol. The molecule has 2 unspecified atom stereocenters. The maximum atomic E-state index is 6.00. The summed E-state index contributed by atoms with van der Waals surface area (Å²) in [6.07, 6.45) is -0.218. The lowest BCUT2D eigenvalue weighted by Crippen LogP contribution is -2.28. The first-order chi connectivity index (χ1) is 9.10. The minimum Gasteiger partial charge on any atom is -0.497 e. The Morgan fingerprint density at radius 1 is 1.21 bits per heavy atom. The summed E-state index contributed by atoms with van der Waals surface area (Å²) in [6.45, 7) is 1.92. The average Bonchev–Trinajstić information content (AvgIpc) is 2.82. The second-order valence-corrected chi connectivity index (χ2v) is 5.97. The number of benzene rings is 1. The zero-order valence-electron chi connectivity index (χ0n) is 10.8. The van der Waals surface area contributed by atoms with Gasteiger partial charge in [-0.1, -0.05) is 17.7 Å². The van der Waals surface area contributed by atoms with E-state index in [9.17, 15) is 0 Å². The number of ether oxygens (including phenoxy) is 2. The monoisotopic (exact) mass is 297 g/mol. The summed E-state index contributed by atoms with van der Waals surface area (Å²) in [7, 11) is 1.63. The molecule has 2 N–H and O–H groups in total. The molecule has 0 saturated heterocycles. The van der Waals surface area contributed by atoms with Crippen molar-refractivity contribution >= 4 is 22.9 Å². The fraction of sp³-hybridized carbons (Fsp3) is 0.286. The number of hydrogen-bond acceptors (Lipinski definition) is 4. The van der Waals surface area contributed by atoms with Crippen molar-refractivity contribution in [3.05, 3.63) is 45.6 Å². The molecule has 0 bridgehead atoms. The van der Waals surface area contributed by atoms with E-state index < -0.39 is 0 Å². The summed E-state index contributed by atoms with van der Waals surface area (Å²) in [5, 5.41) is 0. The van der Waals surface area contributed by atoms with E-state index in [1.165, 1.54) is 11.3 Å². The molecule has 0 aliphatic rings. The third-order valence-electron chi connectivity index (χ3n) is 2.66. The largest absolute Gasteiger partial charge is 0.497 e. The van der Waals surface area contributed by atoms with Crippen LogP contribution < -0.4 is 15.2 Å². The number of nitrogens with two attached hydrogens (primary N) is 1. The zero-order chi connectivity index (χ0) is 13.8. The molecular weight excluding hydrogens is 282 g/mol. The van der Waals surface area contributed by atoms with Crippen molar-refractivity contribution in [2.24, 2.45) is 5.73 Å². The van der Waals surface area contributed by atoms with Gasteiger partial charge in [0.25, 0.3) is 0 Å². The van der Waals surface area contributed by atoms with E-state index in [2.05, 4.69) is 0 Å². The Morgan fingerprint density at radius 2 is 1.95 bits per heavy atom. The molecule has 1 heterocycles. The van der Waals surface area contributed by atoms with Crippen LogP contribution in [0.25, 0.3) is 0 Å². The number of thiophene rings is 1. The van der Waals surface area contributed by atoms with Gasteiger partial charge >= 0.3 is 0 Å². The lowest BCUT2D eigenvalue weighted by Gasteiger charge is -2.21. The highest BCUT2D eigenvalue weighted by Crippen LogP contribution is 2.32. The Kier molecular flexibility index (Phi) is 4.69. The number of methoxy groups -OCH3 is 1. The molecule has 0 spiro atoms. The number of halogens is 1. The van der Waals surface area contributed by atoms with E-state index in [1.807, 2.05) is 43.3 Å². The molecule has 0 aliphatic carbocycles. The standard InChI is InChI=1S/C14H16ClNO2S/c1-9(16)14(12-6-7-13(15)19-12)18-11-5-3-4-10(8-11)17-2/h3-9,14H,16H2,1-2H3. The summed E-state index contributed by atoms with van der Waals surface area (Å²) in [5.41, 5.74) is 6.00. The van der Waals surface area contributed by atoms with Crippen LogP contribution in [-0.4, -0.2) is 13.2 Å². The first-order valence-corrected chi connectivity index (χ1v) is 7.11. The molecule has 0 aliphatic heterocycles. The Balaban J connectivity index is 2.21. The third kappa shape index (κ3) is 3.62. The quantitative estimate of drug-likeness (QED) is 0.911. The van der Waals surface area contributed by atoms with Crippen molar-refractivity contribution in [3.63, 3.8) is 0 Å². The second kappa shape index (κ2) is 6.28. The molecule has 2 atom stereocenters. The van der Waals surface area contributed by atoms with Crippen LogP contribution in [0.2, 0.25) is 4.34 Å². The summed E-state index contributed by atoms with van der Waals surface area (Å²) in [4.78, 5) is 1.02. The van der Waals surface area contributed by atoms with Crippen LogP contribution in [0, 0.1) is 0 Å².